The average Bonchev–Trinajstić information content (AvgIpc) is 2.75. The average molecular weight is 386 g/mol. The van der Waals surface area contributed by atoms with Crippen LogP contribution in [0.3, 0.4) is 0 Å². The van der Waals surface area contributed by atoms with E-state index in [1.165, 1.54) is 11.1 Å². The minimum atomic E-state index is 0.0585. The molecule has 0 atom stereocenters. The van der Waals surface area contributed by atoms with E-state index in [1.807, 2.05) is 47.5 Å². The van der Waals surface area contributed by atoms with Crippen LogP contribution in [-0.2, 0) is 19.6 Å². The smallest absolute Gasteiger partial charge is 0.254 e. The molecule has 0 unspecified atom stereocenters. The Morgan fingerprint density at radius 2 is 1.97 bits per heavy atom. The fourth-order valence-electron chi connectivity index (χ4n) is 3.84. The Hall–Kier alpha value is -3.14. The summed E-state index contributed by atoms with van der Waals surface area (Å²) in [5.41, 5.74) is 5.36. The van der Waals surface area contributed by atoms with Crippen LogP contribution in [0.2, 0.25) is 0 Å². The highest BCUT2D eigenvalue weighted by molar-refractivity contribution is 5.97. The summed E-state index contributed by atoms with van der Waals surface area (Å²) < 4.78 is 6.07. The molecule has 4 rings (SSSR count). The van der Waals surface area contributed by atoms with Crippen LogP contribution in [0.25, 0.3) is 0 Å². The molecule has 1 aromatic heterocycles. The van der Waals surface area contributed by atoms with E-state index in [9.17, 15) is 4.79 Å². The van der Waals surface area contributed by atoms with E-state index >= 15 is 0 Å². The molecular weight excluding hydrogens is 360 g/mol. The van der Waals surface area contributed by atoms with Crippen LogP contribution in [0.4, 0.5) is 0 Å². The molecule has 3 aromatic rings. The molecule has 2 aromatic carbocycles. The zero-order valence-corrected chi connectivity index (χ0v) is 17.0. The van der Waals surface area contributed by atoms with Gasteiger partial charge in [0.1, 0.15) is 12.4 Å². The lowest BCUT2D eigenvalue weighted by atomic mass is 9.97. The first-order valence-electron chi connectivity index (χ1n) is 10.1. The quantitative estimate of drug-likeness (QED) is 0.600. The van der Waals surface area contributed by atoms with Gasteiger partial charge in [-0.25, -0.2) is 0 Å². The van der Waals surface area contributed by atoms with Gasteiger partial charge < -0.3 is 9.64 Å². The van der Waals surface area contributed by atoms with Gasteiger partial charge in [0.15, 0.2) is 0 Å². The van der Waals surface area contributed by atoms with Crippen molar-refractivity contribution < 1.29 is 9.53 Å². The third-order valence-electron chi connectivity index (χ3n) is 5.42. The maximum absolute atomic E-state index is 13.0. The van der Waals surface area contributed by atoms with Gasteiger partial charge in [0.05, 0.1) is 0 Å². The number of fused-ring (bicyclic) bond motifs is 1. The van der Waals surface area contributed by atoms with Crippen molar-refractivity contribution in [2.45, 2.75) is 39.3 Å². The summed E-state index contributed by atoms with van der Waals surface area (Å²) in [6, 6.07) is 18.2. The molecule has 29 heavy (non-hydrogen) atoms. The molecule has 0 bridgehead atoms. The minimum absolute atomic E-state index is 0.0585. The number of pyridine rings is 1. The second-order valence-electron chi connectivity index (χ2n) is 7.80. The Morgan fingerprint density at radius 1 is 1.10 bits per heavy atom. The summed E-state index contributed by atoms with van der Waals surface area (Å²) in [7, 11) is 0. The van der Waals surface area contributed by atoms with Crippen LogP contribution >= 0.6 is 0 Å². The maximum atomic E-state index is 13.0. The van der Waals surface area contributed by atoms with Crippen LogP contribution in [-0.4, -0.2) is 22.3 Å². The zero-order valence-electron chi connectivity index (χ0n) is 17.0. The first-order chi connectivity index (χ1) is 14.1. The third-order valence-corrected chi connectivity index (χ3v) is 5.42. The van der Waals surface area contributed by atoms with Crippen LogP contribution < -0.4 is 4.74 Å². The largest absolute Gasteiger partial charge is 0.489 e. The molecule has 0 spiro atoms. The second kappa shape index (κ2) is 8.48. The van der Waals surface area contributed by atoms with Gasteiger partial charge in [0.2, 0.25) is 0 Å². The van der Waals surface area contributed by atoms with Crippen molar-refractivity contribution in [2.24, 2.45) is 0 Å². The molecular formula is C25H26N2O2. The molecule has 2 heterocycles. The summed E-state index contributed by atoms with van der Waals surface area (Å²) >= 11 is 0. The van der Waals surface area contributed by atoms with Crippen molar-refractivity contribution in [1.29, 1.82) is 0 Å². The van der Waals surface area contributed by atoms with Crippen molar-refractivity contribution in [2.75, 3.05) is 6.54 Å². The highest BCUT2D eigenvalue weighted by Crippen LogP contribution is 2.26. The molecule has 1 amide bonds. The third kappa shape index (κ3) is 4.32. The molecule has 0 saturated heterocycles. The summed E-state index contributed by atoms with van der Waals surface area (Å²) in [6.07, 6.45) is 4.42. The molecule has 0 N–H and O–H groups in total. The molecule has 1 aliphatic rings. The van der Waals surface area contributed by atoms with Gasteiger partial charge in [-0.15, -0.1) is 0 Å². The van der Waals surface area contributed by atoms with Crippen molar-refractivity contribution >= 4 is 5.91 Å². The zero-order chi connectivity index (χ0) is 20.2. The van der Waals surface area contributed by atoms with Gasteiger partial charge in [-0.3, -0.25) is 9.78 Å². The number of carbonyl (C=O) groups excluding carboxylic acids is 1. The molecule has 1 aliphatic heterocycles. The Bertz CT molecular complexity index is 999. The van der Waals surface area contributed by atoms with Gasteiger partial charge >= 0.3 is 0 Å². The van der Waals surface area contributed by atoms with Crippen LogP contribution in [0.5, 0.6) is 5.75 Å². The van der Waals surface area contributed by atoms with E-state index in [1.54, 1.807) is 6.20 Å². The van der Waals surface area contributed by atoms with Crippen LogP contribution in [0.1, 0.15) is 52.4 Å². The Labute approximate surface area is 172 Å². The van der Waals surface area contributed by atoms with Crippen LogP contribution in [0.15, 0.2) is 67.0 Å². The van der Waals surface area contributed by atoms with Gasteiger partial charge in [-0.1, -0.05) is 50.2 Å². The molecule has 0 aliphatic carbocycles. The molecule has 0 radical (unpaired) electrons. The van der Waals surface area contributed by atoms with Crippen molar-refractivity contribution in [1.82, 2.24) is 9.88 Å². The van der Waals surface area contributed by atoms with Gasteiger partial charge in [-0.2, -0.15) is 0 Å². The number of ether oxygens (including phenoxy) is 1. The van der Waals surface area contributed by atoms with E-state index in [0.717, 1.165) is 35.4 Å². The van der Waals surface area contributed by atoms with Crippen molar-refractivity contribution in [3.8, 4) is 5.75 Å². The predicted octanol–water partition coefficient (Wildman–Crippen LogP) is 4.98. The predicted molar refractivity (Wildman–Crippen MR) is 114 cm³/mol. The second-order valence-corrected chi connectivity index (χ2v) is 7.80. The monoisotopic (exact) mass is 386 g/mol. The van der Waals surface area contributed by atoms with E-state index in [-0.39, 0.29) is 5.91 Å². The number of nitrogens with zero attached hydrogens (tertiary/aromatic N) is 2. The molecule has 4 heteroatoms. The number of hydrogen-bond acceptors (Lipinski definition) is 3. The molecule has 0 fully saturated rings. The summed E-state index contributed by atoms with van der Waals surface area (Å²) in [5.74, 6) is 1.24. The number of hydrogen-bond donors (Lipinski definition) is 0. The highest BCUT2D eigenvalue weighted by Gasteiger charge is 2.25. The number of benzene rings is 2. The summed E-state index contributed by atoms with van der Waals surface area (Å²) in [6.45, 7) is 6.18. The molecule has 0 saturated carbocycles. The standard InChI is InChI=1S/C25H26N2O2/c1-18(2)23-8-4-3-7-21(23)17-29-22-10-9-20-11-13-27(25(28)24(20)14-22)16-19-6-5-12-26-15-19/h3-10,12,14-15,18H,11,13,16-17H2,1-2H3. The summed E-state index contributed by atoms with van der Waals surface area (Å²) in [4.78, 5) is 19.1. The lowest BCUT2D eigenvalue weighted by Crippen LogP contribution is -2.37. The SMILES string of the molecule is CC(C)c1ccccc1COc1ccc2c(c1)C(=O)N(Cc1cccnc1)CC2. The summed E-state index contributed by atoms with van der Waals surface area (Å²) in [5, 5.41) is 0. The lowest BCUT2D eigenvalue weighted by molar-refractivity contribution is 0.0726. The molecule has 148 valence electrons. The number of carbonyl (C=O) groups is 1. The number of amides is 1. The van der Waals surface area contributed by atoms with Gasteiger partial charge in [-0.05, 0) is 52.8 Å². The van der Waals surface area contributed by atoms with Crippen molar-refractivity contribution in [3.63, 3.8) is 0 Å². The minimum Gasteiger partial charge on any atom is -0.489 e. The lowest BCUT2D eigenvalue weighted by Gasteiger charge is -2.29. The Balaban J connectivity index is 1.49. The van der Waals surface area contributed by atoms with Crippen molar-refractivity contribution in [3.05, 3.63) is 94.8 Å². The van der Waals surface area contributed by atoms with E-state index in [2.05, 4.69) is 37.0 Å². The highest BCUT2D eigenvalue weighted by atomic mass is 16.5. The first kappa shape index (κ1) is 19.2. The fraction of sp³-hybridized carbons (Fsp3) is 0.280. The van der Waals surface area contributed by atoms with Gasteiger partial charge in [0, 0.05) is 31.0 Å². The van der Waals surface area contributed by atoms with E-state index in [4.69, 9.17) is 4.74 Å². The van der Waals surface area contributed by atoms with E-state index in [0.29, 0.717) is 19.1 Å². The first-order valence-corrected chi connectivity index (χ1v) is 10.1. The Kier molecular flexibility index (Phi) is 5.61. The van der Waals surface area contributed by atoms with Gasteiger partial charge in [0.25, 0.3) is 5.91 Å². The molecule has 4 nitrogen and oxygen atoms in total. The normalized spacial score (nSPS) is 13.5. The fourth-order valence-corrected chi connectivity index (χ4v) is 3.84. The number of aromatic nitrogens is 1. The van der Waals surface area contributed by atoms with E-state index < -0.39 is 0 Å². The Morgan fingerprint density at radius 3 is 2.76 bits per heavy atom. The maximum Gasteiger partial charge on any atom is 0.254 e. The number of rotatable bonds is 6. The van der Waals surface area contributed by atoms with Crippen LogP contribution in [0, 0.1) is 0 Å². The topological polar surface area (TPSA) is 42.4 Å².